The maximum absolute atomic E-state index is 12.7. The molecule has 6 heteroatoms. The summed E-state index contributed by atoms with van der Waals surface area (Å²) >= 11 is 0. The molecule has 2 aliphatic heterocycles. The van der Waals surface area contributed by atoms with E-state index in [4.69, 9.17) is 4.74 Å². The molecule has 0 unspecified atom stereocenters. The lowest BCUT2D eigenvalue weighted by molar-refractivity contribution is -0.188. The Morgan fingerprint density at radius 1 is 1.38 bits per heavy atom. The molecule has 4 atom stereocenters. The zero-order valence-corrected chi connectivity index (χ0v) is 15.4. The Labute approximate surface area is 159 Å². The number of Topliss-reactive ketones (excluding diaryl/α,β-unsaturated/α-hetero) is 1. The molecule has 2 N–H and O–H groups in total. The molecule has 5 nitrogen and oxygen atoms in total. The average molecular weight is 378 g/mol. The van der Waals surface area contributed by atoms with Crippen molar-refractivity contribution in [3.05, 3.63) is 35.9 Å². The highest BCUT2D eigenvalue weighted by Gasteiger charge is 2.73. The Hall–Kier alpha value is -1.56. The van der Waals surface area contributed by atoms with Crippen molar-refractivity contribution >= 4 is 18.2 Å². The van der Waals surface area contributed by atoms with Gasteiger partial charge in [0.1, 0.15) is 0 Å². The monoisotopic (exact) mass is 377 g/mol. The quantitative estimate of drug-likeness (QED) is 0.789. The van der Waals surface area contributed by atoms with Crippen molar-refractivity contribution in [3.8, 4) is 11.5 Å². The molecule has 1 saturated heterocycles. The number of carbonyl (C=O) groups is 1. The number of ketones is 1. The molecule has 4 aliphatic rings. The Kier molecular flexibility index (Phi) is 3.92. The fourth-order valence-electron chi connectivity index (χ4n) is 5.94. The van der Waals surface area contributed by atoms with Crippen LogP contribution in [0.25, 0.3) is 0 Å². The molecule has 1 spiro atoms. The Morgan fingerprint density at radius 3 is 2.96 bits per heavy atom. The molecule has 1 aromatic carbocycles. The molecule has 5 rings (SSSR count). The predicted molar refractivity (Wildman–Crippen MR) is 99.1 cm³/mol. The van der Waals surface area contributed by atoms with E-state index in [1.807, 2.05) is 12.1 Å². The molecule has 0 amide bonds. The Balaban J connectivity index is 0.00000168. The second-order valence-corrected chi connectivity index (χ2v) is 7.89. The highest BCUT2D eigenvalue weighted by molar-refractivity contribution is 5.90. The van der Waals surface area contributed by atoms with Gasteiger partial charge in [0.15, 0.2) is 23.4 Å². The smallest absolute Gasteiger partial charge is 0.174 e. The molecular formula is C20H24ClNO4. The maximum Gasteiger partial charge on any atom is 0.174 e. The van der Waals surface area contributed by atoms with Gasteiger partial charge in [0.05, 0.1) is 11.0 Å². The van der Waals surface area contributed by atoms with Crippen LogP contribution < -0.4 is 4.74 Å². The zero-order chi connectivity index (χ0) is 17.4. The maximum atomic E-state index is 12.7. The number of phenolic OH excluding ortho intramolecular Hbond substituents is 1. The number of ether oxygens (including phenoxy) is 1. The van der Waals surface area contributed by atoms with Gasteiger partial charge in [0, 0.05) is 24.6 Å². The van der Waals surface area contributed by atoms with Gasteiger partial charge >= 0.3 is 0 Å². The van der Waals surface area contributed by atoms with E-state index in [1.165, 1.54) is 0 Å². The summed E-state index contributed by atoms with van der Waals surface area (Å²) < 4.78 is 6.01. The minimum absolute atomic E-state index is 0. The summed E-state index contributed by atoms with van der Waals surface area (Å²) in [6, 6.07) is 3.56. The van der Waals surface area contributed by atoms with Gasteiger partial charge in [-0.05, 0) is 43.9 Å². The van der Waals surface area contributed by atoms with Gasteiger partial charge < -0.3 is 14.9 Å². The minimum Gasteiger partial charge on any atom is -0.504 e. The van der Waals surface area contributed by atoms with Gasteiger partial charge in [0.25, 0.3) is 0 Å². The molecule has 2 fully saturated rings. The molecule has 2 heterocycles. The first-order chi connectivity index (χ1) is 12.0. The van der Waals surface area contributed by atoms with Crippen molar-refractivity contribution in [2.75, 3.05) is 13.1 Å². The molecule has 1 aromatic rings. The minimum atomic E-state index is -0.989. The lowest BCUT2D eigenvalue weighted by Crippen LogP contribution is -2.76. The lowest BCUT2D eigenvalue weighted by Gasteiger charge is -2.62. The number of nitrogens with zero attached hydrogens (tertiary/aromatic N) is 1. The van der Waals surface area contributed by atoms with E-state index in [9.17, 15) is 15.0 Å². The number of aromatic hydroxyl groups is 1. The summed E-state index contributed by atoms with van der Waals surface area (Å²) in [5.41, 5.74) is 0.298. The number of rotatable bonds is 3. The number of phenols is 1. The van der Waals surface area contributed by atoms with Crippen LogP contribution in [0, 0.1) is 0 Å². The summed E-state index contributed by atoms with van der Waals surface area (Å²) in [6.45, 7) is 5.51. The largest absolute Gasteiger partial charge is 0.504 e. The Bertz CT molecular complexity index is 796. The van der Waals surface area contributed by atoms with Crippen LogP contribution in [0.5, 0.6) is 11.5 Å². The van der Waals surface area contributed by atoms with E-state index in [2.05, 4.69) is 11.5 Å². The van der Waals surface area contributed by atoms with E-state index >= 15 is 0 Å². The lowest BCUT2D eigenvalue weighted by atomic mass is 9.49. The van der Waals surface area contributed by atoms with Gasteiger partial charge in [-0.2, -0.15) is 0 Å². The Morgan fingerprint density at radius 2 is 2.19 bits per heavy atom. The van der Waals surface area contributed by atoms with Crippen molar-refractivity contribution in [1.29, 1.82) is 0 Å². The normalized spacial score (nSPS) is 36.7. The highest BCUT2D eigenvalue weighted by Crippen LogP contribution is 2.64. The van der Waals surface area contributed by atoms with Crippen molar-refractivity contribution < 1.29 is 19.7 Å². The van der Waals surface area contributed by atoms with Gasteiger partial charge in [-0.1, -0.05) is 12.1 Å². The van der Waals surface area contributed by atoms with Crippen LogP contribution in [-0.4, -0.2) is 51.7 Å². The van der Waals surface area contributed by atoms with Crippen molar-refractivity contribution in [2.45, 2.75) is 55.3 Å². The molecule has 140 valence electrons. The van der Waals surface area contributed by atoms with Crippen LogP contribution in [0.1, 0.15) is 36.8 Å². The van der Waals surface area contributed by atoms with Crippen LogP contribution >= 0.6 is 12.4 Å². The number of aliphatic hydroxyl groups is 1. The molecule has 0 radical (unpaired) electrons. The number of halogens is 1. The van der Waals surface area contributed by atoms with E-state index in [0.29, 0.717) is 25.0 Å². The average Bonchev–Trinajstić information content (AvgIpc) is 2.95. The van der Waals surface area contributed by atoms with E-state index in [-0.39, 0.29) is 30.0 Å². The van der Waals surface area contributed by atoms with E-state index < -0.39 is 17.1 Å². The summed E-state index contributed by atoms with van der Waals surface area (Å²) in [6.07, 6.45) is 4.32. The molecule has 0 aromatic heterocycles. The molecule has 1 saturated carbocycles. The first-order valence-corrected chi connectivity index (χ1v) is 9.15. The van der Waals surface area contributed by atoms with E-state index in [1.54, 1.807) is 6.07 Å². The number of benzene rings is 1. The highest BCUT2D eigenvalue weighted by atomic mass is 35.5. The topological polar surface area (TPSA) is 70.0 Å². The summed E-state index contributed by atoms with van der Waals surface area (Å²) in [5, 5.41) is 22.2. The number of hydrogen-bond donors (Lipinski definition) is 2. The van der Waals surface area contributed by atoms with Crippen LogP contribution in [0.2, 0.25) is 0 Å². The first-order valence-electron chi connectivity index (χ1n) is 9.15. The van der Waals surface area contributed by atoms with Gasteiger partial charge in [-0.25, -0.2) is 0 Å². The number of hydrogen-bond acceptors (Lipinski definition) is 5. The van der Waals surface area contributed by atoms with Crippen LogP contribution in [0.3, 0.4) is 0 Å². The molecule has 26 heavy (non-hydrogen) atoms. The van der Waals surface area contributed by atoms with Gasteiger partial charge in [-0.15, -0.1) is 19.0 Å². The molecular weight excluding hydrogens is 354 g/mol. The zero-order valence-electron chi connectivity index (χ0n) is 14.6. The third kappa shape index (κ3) is 1.86. The second kappa shape index (κ2) is 5.72. The number of piperidine rings is 1. The van der Waals surface area contributed by atoms with Crippen LogP contribution in [-0.2, 0) is 16.6 Å². The second-order valence-electron chi connectivity index (χ2n) is 7.89. The summed E-state index contributed by atoms with van der Waals surface area (Å²) in [5.74, 6) is 0.547. The standard InChI is InChI=1S/C20H23NO4.ClH/c1-2-3-9-21-10-8-19-16-12-4-5-13(22)17(16)25-18(19)14(23)6-7-20(19,24)15(21)11-12;/h2,4-5,15,18,22,24H,1,3,6-11H2;1H/t15-,18-,19+,20-;/m1./s1. The van der Waals surface area contributed by atoms with Gasteiger partial charge in [-0.3, -0.25) is 9.69 Å². The third-order valence-corrected chi connectivity index (χ3v) is 6.99. The fraction of sp³-hybridized carbons (Fsp3) is 0.550. The fourth-order valence-corrected chi connectivity index (χ4v) is 5.94. The molecule has 2 bridgehead atoms. The third-order valence-electron chi connectivity index (χ3n) is 6.99. The van der Waals surface area contributed by atoms with Crippen molar-refractivity contribution in [2.24, 2.45) is 0 Å². The SMILES string of the molecule is C=CCCN1CC[C@]23c4c5ccc(O)c4O[C@@H]2C(=O)CC[C@@]3(O)[C@H]1C5.Cl. The summed E-state index contributed by atoms with van der Waals surface area (Å²) in [4.78, 5) is 15.0. The van der Waals surface area contributed by atoms with Crippen LogP contribution in [0.15, 0.2) is 24.8 Å². The predicted octanol–water partition coefficient (Wildman–Crippen LogP) is 2.11. The van der Waals surface area contributed by atoms with Crippen molar-refractivity contribution in [1.82, 2.24) is 4.90 Å². The van der Waals surface area contributed by atoms with Crippen molar-refractivity contribution in [3.63, 3.8) is 0 Å². The van der Waals surface area contributed by atoms with E-state index in [0.717, 1.165) is 37.1 Å². The molecule has 2 aliphatic carbocycles. The number of carbonyl (C=O) groups excluding carboxylic acids is 1. The van der Waals surface area contributed by atoms with Gasteiger partial charge in [0.2, 0.25) is 0 Å². The van der Waals surface area contributed by atoms with Crippen LogP contribution in [0.4, 0.5) is 0 Å². The first kappa shape index (κ1) is 17.8. The summed E-state index contributed by atoms with van der Waals surface area (Å²) in [7, 11) is 0. The number of likely N-dealkylation sites (tertiary alicyclic amines) is 1.